The van der Waals surface area contributed by atoms with E-state index in [4.69, 9.17) is 47.4 Å². The van der Waals surface area contributed by atoms with Crippen LogP contribution >= 0.6 is 0 Å². The summed E-state index contributed by atoms with van der Waals surface area (Å²) < 4.78 is 65.2. The second-order valence-electron chi connectivity index (χ2n) is 54.5. The lowest BCUT2D eigenvalue weighted by molar-refractivity contribution is -0.205. The predicted octanol–water partition coefficient (Wildman–Crippen LogP) is 19.5. The van der Waals surface area contributed by atoms with Crippen molar-refractivity contribution in [2.75, 3.05) is 0 Å². The maximum atomic E-state index is 12.8. The van der Waals surface area contributed by atoms with E-state index in [9.17, 15) is 44.7 Å². The van der Waals surface area contributed by atoms with E-state index in [0.29, 0.717) is 167 Å². The molecular formula is C112H172O19. The van der Waals surface area contributed by atoms with Gasteiger partial charge >= 0.3 is 0 Å². The van der Waals surface area contributed by atoms with E-state index in [2.05, 4.69) is 123 Å². The van der Waals surface area contributed by atoms with E-state index in [-0.39, 0.29) is 128 Å². The van der Waals surface area contributed by atoms with Gasteiger partial charge in [0.15, 0.2) is 28.9 Å². The molecule has 20 aliphatic carbocycles. The molecule has 25 rings (SSSR count). The number of Topliss-reactive ketones (excluding diaryl/α,β-unsaturated/α-hetero) is 4. The molecule has 0 bridgehead atoms. The summed E-state index contributed by atoms with van der Waals surface area (Å²) in [6.07, 6.45) is 34.8. The Bertz CT molecular complexity index is 4270. The molecule has 19 saturated carbocycles. The number of ketones is 4. The Labute approximate surface area is 784 Å². The third kappa shape index (κ3) is 14.2. The first-order valence-corrected chi connectivity index (χ1v) is 53.9. The van der Waals surface area contributed by atoms with E-state index < -0.39 is 53.4 Å². The van der Waals surface area contributed by atoms with E-state index in [1.54, 1.807) is 0 Å². The minimum Gasteiger partial charge on any atom is -0.393 e. The van der Waals surface area contributed by atoms with Gasteiger partial charge < -0.3 is 72.9 Å². The first-order valence-electron chi connectivity index (χ1n) is 53.9. The third-order valence-corrected chi connectivity index (χ3v) is 46.3. The number of allylic oxidation sites excluding steroid dienone is 3. The average molecular weight is 1820 g/mol. The Kier molecular flexibility index (Phi) is 22.8. The van der Waals surface area contributed by atoms with E-state index in [0.717, 1.165) is 128 Å². The summed E-state index contributed by atoms with van der Waals surface area (Å²) in [5.74, 6) is 9.27. The Morgan fingerprint density at radius 3 is 0.893 bits per heavy atom. The maximum Gasteiger partial charge on any atom is 0.163 e. The molecule has 20 unspecified atom stereocenters. The number of hydrogen-bond acceptors (Lipinski definition) is 19. The number of carbonyl (C=O) groups is 4. The summed E-state index contributed by atoms with van der Waals surface area (Å²) in [5, 5.41) is 52.3. The molecule has 5 heterocycles. The van der Waals surface area contributed by atoms with Gasteiger partial charge in [-0.15, -0.1) is 0 Å². The largest absolute Gasteiger partial charge is 0.393 e. The predicted molar refractivity (Wildman–Crippen MR) is 495 cm³/mol. The van der Waals surface area contributed by atoms with Crippen LogP contribution in [0.3, 0.4) is 0 Å². The molecule has 0 aromatic carbocycles. The first-order chi connectivity index (χ1) is 61.2. The van der Waals surface area contributed by atoms with Gasteiger partial charge in [-0.25, -0.2) is 0 Å². The highest BCUT2D eigenvalue weighted by atomic mass is 16.8. The Morgan fingerprint density at radius 1 is 0.267 bits per heavy atom. The van der Waals surface area contributed by atoms with E-state index in [1.807, 2.05) is 41.5 Å². The molecular weight excluding hydrogens is 1650 g/mol. The van der Waals surface area contributed by atoms with Gasteiger partial charge in [-0.2, -0.15) is 0 Å². The zero-order valence-electron chi connectivity index (χ0n) is 84.2. The highest BCUT2D eigenvalue weighted by Gasteiger charge is 2.76. The molecule has 131 heavy (non-hydrogen) atoms. The van der Waals surface area contributed by atoms with Crippen molar-refractivity contribution < 1.29 is 92.1 Å². The number of hydrogen-bond donors (Lipinski definition) is 5. The topological polar surface area (TPSA) is 262 Å². The lowest BCUT2D eigenvalue weighted by atomic mass is 9.43. The first kappa shape index (κ1) is 94.8. The molecule has 0 spiro atoms. The van der Waals surface area contributed by atoms with Gasteiger partial charge in [0.25, 0.3) is 0 Å². The molecule has 5 saturated heterocycles. The lowest BCUT2D eigenvalue weighted by Crippen LogP contribution is -2.65. The number of carbonyl (C=O) groups excluding carboxylic acids is 4. The molecule has 0 amide bonds. The van der Waals surface area contributed by atoms with Crippen LogP contribution in [-0.4, -0.2) is 169 Å². The number of rotatable bonds is 0. The van der Waals surface area contributed by atoms with Crippen LogP contribution in [0.1, 0.15) is 351 Å². The molecule has 0 aromatic rings. The second kappa shape index (κ2) is 31.5. The molecule has 0 radical (unpaired) electrons. The lowest BCUT2D eigenvalue weighted by Gasteiger charge is -2.63. The fourth-order valence-electron chi connectivity index (χ4n) is 39.7. The summed E-state index contributed by atoms with van der Waals surface area (Å²) in [6.45, 7) is 50.7. The fraction of sp³-hybridized carbons (Fsp3) is 0.929. The van der Waals surface area contributed by atoms with Gasteiger partial charge in [0.1, 0.15) is 23.1 Å². The standard InChI is InChI=1S/C23H36O4.C23H36O3.C22H34O5.C22H34O4.C22H32O3/c1-12-6-7-13-18-14(8-9-22(12,13)4)23(5)11-17(25)16(24)10-15(23)19-20(18)27-21(2,3)26-19;1-13-8-10-22(4)15-9-11-23(5)14(6-7-17(23)24)18(15)20-19(16(22)12-13)25-21(2,3)26-20;1-20(2)26-18-13-9-14(23)15(24)10-22(13,4)12-7-8-21(3)11(5-6-16(21)25)17(12)19(18)27-20;1-20(2)25-18-15-11-12(23)7-9-21(15,3)14-8-10-22(4)13(5-6-16(22)24)17(14)19(18)26-20;1-20(2)24-18-15-7-5-6-11-21(15,3)14-10-12-22(4)13(8-9-16(22)23)17(14)19(18)25-20/h13-20,24-25H,1,6-11H2,2-5H3;13-16,18-20H,6-12H2,1-5H3;11-15,17-19,23-24H,5-10H2,1-4H3;12-15,17-19,23H,5-11H2,1-4H3;5-6,13-15,17-19H,7-12H2,1-4H3/t13?,14?,15?,16-,17+,18?,19+,20+,22+,23+;13-,14?,15?,16?,18?,19+,20+,22+,23-;11?,12?,13?,14-,15+,17?,18+,19+,21-,22+;12-,13?,14?,15?,17?,18+,19+,21+,22-;13?,14?,15?,17?,18-,19-,21-,22+/m00001/s1. The normalized spacial score (nSPS) is 58.0. The van der Waals surface area contributed by atoms with Crippen LogP contribution in [0.15, 0.2) is 24.3 Å². The number of fused-ring (bicyclic) bond motifs is 40. The van der Waals surface area contributed by atoms with Crippen molar-refractivity contribution in [3.05, 3.63) is 24.3 Å². The van der Waals surface area contributed by atoms with Crippen molar-refractivity contribution >= 4 is 23.1 Å². The van der Waals surface area contributed by atoms with Crippen molar-refractivity contribution in [3.63, 3.8) is 0 Å². The zero-order valence-corrected chi connectivity index (χ0v) is 84.2. The smallest absolute Gasteiger partial charge is 0.163 e. The molecule has 25 aliphatic rings. The molecule has 5 aliphatic heterocycles. The second-order valence-corrected chi connectivity index (χ2v) is 54.5. The van der Waals surface area contributed by atoms with Crippen LogP contribution in [0, 0.1) is 178 Å². The molecule has 5 N–H and O–H groups in total. The quantitative estimate of drug-likeness (QED) is 0.141. The van der Waals surface area contributed by atoms with Crippen LogP contribution in [0.2, 0.25) is 0 Å². The van der Waals surface area contributed by atoms with Gasteiger partial charge in [-0.05, 0) is 399 Å². The summed E-state index contributed by atoms with van der Waals surface area (Å²) >= 11 is 0. The minimum absolute atomic E-state index is 0.000483. The molecule has 0 aromatic heterocycles. The highest BCUT2D eigenvalue weighted by Crippen LogP contribution is 2.76. The van der Waals surface area contributed by atoms with Crippen LogP contribution in [0.5, 0.6) is 0 Å². The summed E-state index contributed by atoms with van der Waals surface area (Å²) in [6, 6.07) is 0. The van der Waals surface area contributed by atoms with Crippen LogP contribution in [0.25, 0.3) is 0 Å². The summed E-state index contributed by atoms with van der Waals surface area (Å²) in [7, 11) is 0. The summed E-state index contributed by atoms with van der Waals surface area (Å²) in [4.78, 5) is 50.9. The zero-order chi connectivity index (χ0) is 93.3. The number of aliphatic hydroxyl groups is 5. The molecule has 734 valence electrons. The Hall–Kier alpha value is -2.44. The Morgan fingerprint density at radius 2 is 0.542 bits per heavy atom. The van der Waals surface area contributed by atoms with Gasteiger partial charge in [0.2, 0.25) is 0 Å². The van der Waals surface area contributed by atoms with Gasteiger partial charge in [0, 0.05) is 47.3 Å². The SMILES string of the molecule is C=C1CCC2C3C(CC[C@]12C)[C@@]1(C)C[C@@H](O)[C@@H](O)CC1[C@H]1OC(C)(C)O[C@H]31.CC1(C)O[C@@H]2C3C(CC[C@]4(C)C(=O)CCC34)[C@@]3(C)CC=CCC3[C@H]2O1.CC1(C)O[C@@H]2C3C(CC[C@]4(C)C(=O)CCC34)[C@@]3(C)CC[C@H](O)CC3[C@H]2O1.CC1(C)O[C@@H]2C3C(CC[C@]4(C)C(=O)CCC34)[C@@]3(C)C[C@@H](O)[C@@H](O)CC3[C@H]2O1.C[C@H]1CC[C@]2(C)C3CC[C@]4(C)C(=O)CCC4C3[C@H]3OC(C)(C)O[C@@H]3C2C1. The van der Waals surface area contributed by atoms with Crippen molar-refractivity contribution in [1.29, 1.82) is 0 Å². The van der Waals surface area contributed by atoms with Crippen LogP contribution in [-0.2, 0) is 66.5 Å². The Balaban J connectivity index is 0.0000000989. The maximum absolute atomic E-state index is 12.8. The molecule has 19 nitrogen and oxygen atoms in total. The highest BCUT2D eigenvalue weighted by molar-refractivity contribution is 5.89. The van der Waals surface area contributed by atoms with E-state index in [1.165, 1.54) is 56.9 Å². The number of aliphatic hydroxyl groups excluding tert-OH is 5. The molecule has 19 heteroatoms. The number of ether oxygens (including phenoxy) is 10. The van der Waals surface area contributed by atoms with Crippen LogP contribution in [0.4, 0.5) is 0 Å². The van der Waals surface area contributed by atoms with Crippen LogP contribution < -0.4 is 0 Å². The van der Waals surface area contributed by atoms with Crippen molar-refractivity contribution in [1.82, 2.24) is 0 Å². The molecule has 24 fully saturated rings. The summed E-state index contributed by atoms with van der Waals surface area (Å²) in [5.41, 5.74) is 1.80. The molecule has 46 atom stereocenters. The monoisotopic (exact) mass is 1820 g/mol. The third-order valence-electron chi connectivity index (χ3n) is 46.3. The van der Waals surface area contributed by atoms with Crippen molar-refractivity contribution in [2.45, 2.75) is 471 Å². The fourth-order valence-corrected chi connectivity index (χ4v) is 39.7. The van der Waals surface area contributed by atoms with Gasteiger partial charge in [0.05, 0.1) is 91.6 Å². The minimum atomic E-state index is -0.686. The van der Waals surface area contributed by atoms with Gasteiger partial charge in [-0.1, -0.05) is 107 Å². The van der Waals surface area contributed by atoms with Gasteiger partial charge in [-0.3, -0.25) is 19.2 Å². The van der Waals surface area contributed by atoms with Crippen molar-refractivity contribution in [2.24, 2.45) is 178 Å². The van der Waals surface area contributed by atoms with Crippen molar-refractivity contribution in [3.8, 4) is 0 Å². The van der Waals surface area contributed by atoms with E-state index >= 15 is 0 Å². The average Bonchev–Trinajstić information content (AvgIpc) is 1.60.